The average Bonchev–Trinajstić information content (AvgIpc) is 3.10. The van der Waals surface area contributed by atoms with Crippen LogP contribution in [0, 0.1) is 11.7 Å². The van der Waals surface area contributed by atoms with Crippen molar-refractivity contribution in [1.82, 2.24) is 4.90 Å². The van der Waals surface area contributed by atoms with Crippen LogP contribution in [0.5, 0.6) is 0 Å². The highest BCUT2D eigenvalue weighted by Crippen LogP contribution is 2.25. The zero-order valence-corrected chi connectivity index (χ0v) is 13.2. The third-order valence-corrected chi connectivity index (χ3v) is 4.47. The molecule has 0 aliphatic carbocycles. The van der Waals surface area contributed by atoms with E-state index in [-0.39, 0.29) is 17.9 Å². The average molecular weight is 322 g/mol. The first-order chi connectivity index (χ1) is 11.2. The van der Waals surface area contributed by atoms with E-state index >= 15 is 0 Å². The molecule has 0 radical (unpaired) electrons. The van der Waals surface area contributed by atoms with Gasteiger partial charge in [-0.1, -0.05) is 12.1 Å². The molecule has 1 aromatic rings. The summed E-state index contributed by atoms with van der Waals surface area (Å²) < 4.78 is 24.6. The number of hydrogen-bond donors (Lipinski definition) is 1. The van der Waals surface area contributed by atoms with Crippen LogP contribution >= 0.6 is 0 Å². The van der Waals surface area contributed by atoms with Crippen LogP contribution in [-0.4, -0.2) is 49.9 Å². The molecule has 0 aromatic heterocycles. The number of rotatable bonds is 5. The van der Waals surface area contributed by atoms with Crippen LogP contribution in [0.15, 0.2) is 24.3 Å². The third-order valence-electron chi connectivity index (χ3n) is 4.47. The number of carbonyl (C=O) groups excluding carboxylic acids is 1. The molecule has 3 rings (SSSR count). The minimum Gasteiger partial charge on any atom is -0.350 e. The van der Waals surface area contributed by atoms with Gasteiger partial charge in [-0.05, 0) is 38.1 Å². The smallest absolute Gasteiger partial charge is 0.225 e. The normalized spacial score (nSPS) is 20.7. The summed E-state index contributed by atoms with van der Waals surface area (Å²) in [6, 6.07) is 6.22. The van der Waals surface area contributed by atoms with E-state index in [1.807, 2.05) is 0 Å². The molecular weight excluding hydrogens is 299 g/mol. The molecule has 1 N–H and O–H groups in total. The maximum atomic E-state index is 13.5. The molecule has 0 atom stereocenters. The summed E-state index contributed by atoms with van der Waals surface area (Å²) in [5, 5.41) is 2.62. The Bertz CT molecular complexity index is 526. The number of hydrogen-bond acceptors (Lipinski definition) is 4. The zero-order chi connectivity index (χ0) is 16.1. The molecule has 1 amide bonds. The minimum absolute atomic E-state index is 0.0403. The molecule has 0 unspecified atom stereocenters. The summed E-state index contributed by atoms with van der Waals surface area (Å²) in [5.41, 5.74) is 0.242. The fourth-order valence-corrected chi connectivity index (χ4v) is 3.13. The summed E-state index contributed by atoms with van der Waals surface area (Å²) in [7, 11) is 0. The Labute approximate surface area is 135 Å². The fourth-order valence-electron chi connectivity index (χ4n) is 3.13. The van der Waals surface area contributed by atoms with Crippen molar-refractivity contribution in [3.05, 3.63) is 30.1 Å². The molecule has 6 heteroatoms. The Hall–Kier alpha value is -1.50. The second-order valence-electron chi connectivity index (χ2n) is 6.07. The number of carbonyl (C=O) groups is 1. The van der Waals surface area contributed by atoms with Gasteiger partial charge in [0.25, 0.3) is 0 Å². The van der Waals surface area contributed by atoms with E-state index in [0.29, 0.717) is 32.1 Å². The SMILES string of the molecule is O=C(CCN1CCC(C2OCCO2)CC1)Nc1ccccc1F. The Morgan fingerprint density at radius 2 is 1.91 bits per heavy atom. The summed E-state index contributed by atoms with van der Waals surface area (Å²) in [4.78, 5) is 14.2. The van der Waals surface area contributed by atoms with Crippen molar-refractivity contribution >= 4 is 11.6 Å². The molecule has 2 heterocycles. The van der Waals surface area contributed by atoms with Gasteiger partial charge in [-0.25, -0.2) is 4.39 Å². The summed E-state index contributed by atoms with van der Waals surface area (Å²) in [6.07, 6.45) is 2.38. The maximum Gasteiger partial charge on any atom is 0.225 e. The molecule has 0 saturated carbocycles. The lowest BCUT2D eigenvalue weighted by Gasteiger charge is -2.33. The predicted molar refractivity (Wildman–Crippen MR) is 84.5 cm³/mol. The number of para-hydroxylation sites is 1. The van der Waals surface area contributed by atoms with Crippen molar-refractivity contribution in [2.24, 2.45) is 5.92 Å². The van der Waals surface area contributed by atoms with Crippen molar-refractivity contribution in [2.45, 2.75) is 25.6 Å². The maximum absolute atomic E-state index is 13.5. The molecule has 2 saturated heterocycles. The van der Waals surface area contributed by atoms with Gasteiger partial charge in [0, 0.05) is 18.9 Å². The second-order valence-corrected chi connectivity index (χ2v) is 6.07. The summed E-state index contributed by atoms with van der Waals surface area (Å²) >= 11 is 0. The van der Waals surface area contributed by atoms with Crippen molar-refractivity contribution in [2.75, 3.05) is 38.2 Å². The van der Waals surface area contributed by atoms with Gasteiger partial charge >= 0.3 is 0 Å². The van der Waals surface area contributed by atoms with Crippen LogP contribution < -0.4 is 5.32 Å². The number of amides is 1. The van der Waals surface area contributed by atoms with Gasteiger partial charge in [-0.15, -0.1) is 0 Å². The number of piperidine rings is 1. The van der Waals surface area contributed by atoms with Gasteiger partial charge in [0.2, 0.25) is 5.91 Å². The highest BCUT2D eigenvalue weighted by Gasteiger charge is 2.30. The monoisotopic (exact) mass is 322 g/mol. The molecular formula is C17H23FN2O3. The number of nitrogens with one attached hydrogen (secondary N) is 1. The van der Waals surface area contributed by atoms with E-state index in [1.54, 1.807) is 18.2 Å². The molecule has 23 heavy (non-hydrogen) atoms. The van der Waals surface area contributed by atoms with Crippen LogP contribution in [0.4, 0.5) is 10.1 Å². The largest absolute Gasteiger partial charge is 0.350 e. The first-order valence-corrected chi connectivity index (χ1v) is 8.22. The lowest BCUT2D eigenvalue weighted by molar-refractivity contribution is -0.117. The minimum atomic E-state index is -0.404. The molecule has 0 bridgehead atoms. The van der Waals surface area contributed by atoms with Crippen molar-refractivity contribution in [3.63, 3.8) is 0 Å². The molecule has 2 fully saturated rings. The number of ether oxygens (including phenoxy) is 2. The first kappa shape index (κ1) is 16.4. The van der Waals surface area contributed by atoms with Gasteiger partial charge in [-0.2, -0.15) is 0 Å². The number of anilines is 1. The molecule has 126 valence electrons. The van der Waals surface area contributed by atoms with Gasteiger partial charge in [0.05, 0.1) is 18.9 Å². The lowest BCUT2D eigenvalue weighted by Crippen LogP contribution is -2.39. The molecule has 5 nitrogen and oxygen atoms in total. The predicted octanol–water partition coefficient (Wildman–Crippen LogP) is 2.24. The van der Waals surface area contributed by atoms with Crippen LogP contribution in [-0.2, 0) is 14.3 Å². The number of likely N-dealkylation sites (tertiary alicyclic amines) is 1. The van der Waals surface area contributed by atoms with Gasteiger partial charge in [0.1, 0.15) is 5.82 Å². The van der Waals surface area contributed by atoms with E-state index in [2.05, 4.69) is 10.2 Å². The quantitative estimate of drug-likeness (QED) is 0.903. The molecule has 0 spiro atoms. The van der Waals surface area contributed by atoms with Gasteiger partial charge in [-0.3, -0.25) is 4.79 Å². The Morgan fingerprint density at radius 3 is 2.61 bits per heavy atom. The number of halogens is 1. The van der Waals surface area contributed by atoms with Crippen molar-refractivity contribution in [3.8, 4) is 0 Å². The summed E-state index contributed by atoms with van der Waals surface area (Å²) in [5.74, 6) is -0.0982. The number of benzene rings is 1. The standard InChI is InChI=1S/C17H23FN2O3/c18-14-3-1-2-4-15(14)19-16(21)7-10-20-8-5-13(6-9-20)17-22-11-12-23-17/h1-4,13,17H,5-12H2,(H,19,21). The topological polar surface area (TPSA) is 50.8 Å². The van der Waals surface area contributed by atoms with E-state index in [9.17, 15) is 9.18 Å². The molecule has 2 aliphatic rings. The first-order valence-electron chi connectivity index (χ1n) is 8.22. The fraction of sp³-hybridized carbons (Fsp3) is 0.588. The van der Waals surface area contributed by atoms with Crippen molar-refractivity contribution < 1.29 is 18.7 Å². The lowest BCUT2D eigenvalue weighted by atomic mass is 9.96. The Morgan fingerprint density at radius 1 is 1.22 bits per heavy atom. The van der Waals surface area contributed by atoms with Gasteiger partial charge in [0.15, 0.2) is 6.29 Å². The second kappa shape index (κ2) is 7.86. The van der Waals surface area contributed by atoms with Crippen LogP contribution in [0.1, 0.15) is 19.3 Å². The van der Waals surface area contributed by atoms with Crippen LogP contribution in [0.3, 0.4) is 0 Å². The molecule has 2 aliphatic heterocycles. The molecule has 1 aromatic carbocycles. The Balaban J connectivity index is 1.38. The Kier molecular flexibility index (Phi) is 5.59. The highest BCUT2D eigenvalue weighted by molar-refractivity contribution is 5.90. The van der Waals surface area contributed by atoms with Crippen molar-refractivity contribution in [1.29, 1.82) is 0 Å². The zero-order valence-electron chi connectivity index (χ0n) is 13.2. The van der Waals surface area contributed by atoms with Gasteiger partial charge < -0.3 is 19.7 Å². The highest BCUT2D eigenvalue weighted by atomic mass is 19.1. The summed E-state index contributed by atoms with van der Waals surface area (Å²) in [6.45, 7) is 3.98. The van der Waals surface area contributed by atoms with E-state index < -0.39 is 5.82 Å². The van der Waals surface area contributed by atoms with E-state index in [0.717, 1.165) is 25.9 Å². The van der Waals surface area contributed by atoms with Crippen LogP contribution in [0.2, 0.25) is 0 Å². The third kappa shape index (κ3) is 4.50. The van der Waals surface area contributed by atoms with E-state index in [4.69, 9.17) is 9.47 Å². The number of nitrogens with zero attached hydrogens (tertiary/aromatic N) is 1. The van der Waals surface area contributed by atoms with E-state index in [1.165, 1.54) is 6.07 Å². The van der Waals surface area contributed by atoms with Crippen LogP contribution in [0.25, 0.3) is 0 Å².